The molecule has 1 heterocycles. The Hall–Kier alpha value is -2.12. The number of aliphatic hydroxyl groups excluding tert-OH is 1. The largest absolute Gasteiger partial charge is 0.455 e. The van der Waals surface area contributed by atoms with Crippen molar-refractivity contribution in [3.05, 3.63) is 35.9 Å². The molecule has 2 N–H and O–H groups in total. The number of piperidine rings is 1. The van der Waals surface area contributed by atoms with Crippen LogP contribution in [-0.2, 0) is 33.2 Å². The van der Waals surface area contributed by atoms with E-state index in [-0.39, 0.29) is 35.8 Å². The topological polar surface area (TPSA) is 133 Å². The average Bonchev–Trinajstić information content (AvgIpc) is 3.39. The predicted octanol–water partition coefficient (Wildman–Crippen LogP) is 1.29. The normalized spacial score (nSPS) is 49.9. The summed E-state index contributed by atoms with van der Waals surface area (Å²) < 4.78 is 37.5. The zero-order chi connectivity index (χ0) is 31.4. The van der Waals surface area contributed by atoms with Gasteiger partial charge in [0.1, 0.15) is 23.9 Å². The Labute approximate surface area is 258 Å². The van der Waals surface area contributed by atoms with E-state index in [2.05, 4.69) is 11.9 Å². The molecule has 1 aromatic carbocycles. The molecule has 5 saturated carbocycles. The zero-order valence-electron chi connectivity index (χ0n) is 26.3. The molecule has 1 aromatic rings. The van der Waals surface area contributed by atoms with Gasteiger partial charge in [-0.05, 0) is 44.4 Å². The molecule has 242 valence electrons. The van der Waals surface area contributed by atoms with Crippen LogP contribution < -0.4 is 0 Å². The number of carbonyl (C=O) groups excluding carboxylic acids is 2. The monoisotopic (exact) mass is 615 g/mol. The van der Waals surface area contributed by atoms with Crippen molar-refractivity contribution in [3.63, 3.8) is 0 Å². The van der Waals surface area contributed by atoms with Crippen LogP contribution >= 0.6 is 0 Å². The first-order valence-corrected chi connectivity index (χ1v) is 15.7. The van der Waals surface area contributed by atoms with Crippen molar-refractivity contribution in [2.45, 2.75) is 73.9 Å². The molecule has 0 amide bonds. The third-order valence-corrected chi connectivity index (χ3v) is 12.8. The standard InChI is InChI=1S/C33H45NO10/c1-17(35)44-33-21-19(14-31(38,28(42-6)26(33)36)27(21)43-29(37)18-10-8-7-9-11-18)32-20(40-4)12-13-30(16-39-3)15-34(2)25(32)22(33)23(41-5)24(30)32/h7-11,19-28,36,38H,12-16H2,1-6H3/t19-,20+,21-,22?,23+,24-,25-,26+,27-,28+,30+,31+,32+,33-/m1/s1. The Morgan fingerprint density at radius 3 is 2.36 bits per heavy atom. The summed E-state index contributed by atoms with van der Waals surface area (Å²) in [5.41, 5.74) is -3.93. The van der Waals surface area contributed by atoms with Crippen LogP contribution in [-0.4, -0.2) is 123 Å². The van der Waals surface area contributed by atoms with Gasteiger partial charge in [-0.1, -0.05) is 18.2 Å². The summed E-state index contributed by atoms with van der Waals surface area (Å²) in [5.74, 6) is -2.96. The molecule has 7 rings (SSSR count). The van der Waals surface area contributed by atoms with Crippen LogP contribution in [0.3, 0.4) is 0 Å². The summed E-state index contributed by atoms with van der Waals surface area (Å²) in [6, 6.07) is 8.39. The molecule has 6 fully saturated rings. The lowest BCUT2D eigenvalue weighted by Gasteiger charge is -2.69. The molecule has 11 nitrogen and oxygen atoms in total. The van der Waals surface area contributed by atoms with Gasteiger partial charge in [0.05, 0.1) is 24.4 Å². The van der Waals surface area contributed by atoms with Gasteiger partial charge in [-0.3, -0.25) is 4.79 Å². The number of hydrogen-bond acceptors (Lipinski definition) is 11. The van der Waals surface area contributed by atoms with Gasteiger partial charge in [0, 0.05) is 76.5 Å². The smallest absolute Gasteiger partial charge is 0.338 e. The number of ether oxygens (including phenoxy) is 6. The molecular weight excluding hydrogens is 570 g/mol. The third-order valence-electron chi connectivity index (χ3n) is 12.8. The summed E-state index contributed by atoms with van der Waals surface area (Å²) in [6.07, 6.45) is -2.66. The number of hydrogen-bond donors (Lipinski definition) is 2. The molecule has 11 heteroatoms. The second-order valence-corrected chi connectivity index (χ2v) is 14.2. The summed E-state index contributed by atoms with van der Waals surface area (Å²) >= 11 is 0. The van der Waals surface area contributed by atoms with Gasteiger partial charge in [-0.2, -0.15) is 0 Å². The van der Waals surface area contributed by atoms with Crippen molar-refractivity contribution in [2.24, 2.45) is 34.5 Å². The number of likely N-dealkylation sites (tertiary alicyclic amines) is 1. The fraction of sp³-hybridized carbons (Fsp3) is 0.758. The van der Waals surface area contributed by atoms with Crippen molar-refractivity contribution in [2.75, 3.05) is 48.6 Å². The van der Waals surface area contributed by atoms with E-state index < -0.39 is 64.8 Å². The summed E-state index contributed by atoms with van der Waals surface area (Å²) in [7, 11) is 8.63. The molecule has 1 unspecified atom stereocenters. The van der Waals surface area contributed by atoms with E-state index in [0.717, 1.165) is 19.4 Å². The minimum Gasteiger partial charge on any atom is -0.455 e. The van der Waals surface area contributed by atoms with Gasteiger partial charge >= 0.3 is 11.9 Å². The Balaban J connectivity index is 1.51. The SMILES string of the molecule is COC[C@@]12CC[C@H](OC)[C@@]34[C@@H]5C[C@]6(O)[C@H](OC(=O)c7ccccc7)[C@@H]5[C@@](OC(C)=O)(C([C@H](OC)[C@H]13)[C@H]4N(C)C2)[C@@H](O)[C@@H]6OC. The molecule has 6 aliphatic rings. The first-order valence-electron chi connectivity index (χ1n) is 15.7. The molecular formula is C33H45NO10. The quantitative estimate of drug-likeness (QED) is 0.410. The highest BCUT2D eigenvalue weighted by Gasteiger charge is 2.91. The van der Waals surface area contributed by atoms with Crippen molar-refractivity contribution in [1.29, 1.82) is 0 Å². The lowest BCUT2D eigenvalue weighted by atomic mass is 9.43. The first kappa shape index (κ1) is 30.5. The van der Waals surface area contributed by atoms with Gasteiger partial charge in [0.2, 0.25) is 0 Å². The fourth-order valence-electron chi connectivity index (χ4n) is 12.3. The minimum absolute atomic E-state index is 0.103. The van der Waals surface area contributed by atoms with E-state index in [4.69, 9.17) is 28.4 Å². The van der Waals surface area contributed by atoms with E-state index in [9.17, 15) is 19.8 Å². The van der Waals surface area contributed by atoms with Crippen LogP contribution in [0.25, 0.3) is 0 Å². The van der Waals surface area contributed by atoms with Gasteiger partial charge < -0.3 is 43.5 Å². The second-order valence-electron chi connectivity index (χ2n) is 14.2. The van der Waals surface area contributed by atoms with Gasteiger partial charge in [-0.15, -0.1) is 0 Å². The molecule has 14 atom stereocenters. The molecule has 1 saturated heterocycles. The summed E-state index contributed by atoms with van der Waals surface area (Å²) in [4.78, 5) is 29.2. The van der Waals surface area contributed by atoms with Crippen LogP contribution in [0.1, 0.15) is 36.5 Å². The highest BCUT2D eigenvalue weighted by atomic mass is 16.6. The number of benzene rings is 1. The van der Waals surface area contributed by atoms with Gasteiger partial charge in [0.15, 0.2) is 5.60 Å². The number of methoxy groups -OCH3 is 4. The average molecular weight is 616 g/mol. The molecule has 1 aliphatic heterocycles. The molecule has 7 bridgehead atoms. The predicted molar refractivity (Wildman–Crippen MR) is 154 cm³/mol. The zero-order valence-corrected chi connectivity index (χ0v) is 26.3. The maximum Gasteiger partial charge on any atom is 0.338 e. The molecule has 0 aromatic heterocycles. The van der Waals surface area contributed by atoms with E-state index in [1.807, 2.05) is 6.07 Å². The van der Waals surface area contributed by atoms with Crippen molar-refractivity contribution in [3.8, 4) is 0 Å². The summed E-state index contributed by atoms with van der Waals surface area (Å²) in [6.45, 7) is 2.56. The van der Waals surface area contributed by atoms with E-state index >= 15 is 0 Å². The third kappa shape index (κ3) is 3.41. The molecule has 1 spiro atoms. The molecule has 0 radical (unpaired) electrons. The number of aliphatic hydroxyl groups is 2. The van der Waals surface area contributed by atoms with Crippen LogP contribution in [0.5, 0.6) is 0 Å². The number of rotatable bonds is 8. The maximum atomic E-state index is 13.7. The van der Waals surface area contributed by atoms with E-state index in [0.29, 0.717) is 12.2 Å². The number of nitrogens with zero attached hydrogens (tertiary/aromatic N) is 1. The fourth-order valence-corrected chi connectivity index (χ4v) is 12.3. The van der Waals surface area contributed by atoms with Crippen LogP contribution in [0.15, 0.2) is 30.3 Å². The number of carbonyl (C=O) groups is 2. The lowest BCUT2D eigenvalue weighted by molar-refractivity contribution is -0.316. The Kier molecular flexibility index (Phi) is 7.07. The van der Waals surface area contributed by atoms with E-state index in [1.165, 1.54) is 14.0 Å². The second kappa shape index (κ2) is 10.2. The Bertz CT molecular complexity index is 1310. The molecule has 5 aliphatic carbocycles. The van der Waals surface area contributed by atoms with Gasteiger partial charge in [0.25, 0.3) is 0 Å². The Morgan fingerprint density at radius 2 is 1.75 bits per heavy atom. The number of esters is 2. The first-order chi connectivity index (χ1) is 21.0. The van der Waals surface area contributed by atoms with Gasteiger partial charge in [-0.25, -0.2) is 4.79 Å². The maximum absolute atomic E-state index is 13.7. The minimum atomic E-state index is -1.76. The van der Waals surface area contributed by atoms with Crippen LogP contribution in [0.2, 0.25) is 0 Å². The lowest BCUT2D eigenvalue weighted by Crippen LogP contribution is -2.80. The van der Waals surface area contributed by atoms with Crippen LogP contribution in [0.4, 0.5) is 0 Å². The molecule has 44 heavy (non-hydrogen) atoms. The Morgan fingerprint density at radius 1 is 1.02 bits per heavy atom. The highest BCUT2D eigenvalue weighted by molar-refractivity contribution is 5.89. The van der Waals surface area contributed by atoms with Crippen molar-refractivity contribution < 1.29 is 48.2 Å². The van der Waals surface area contributed by atoms with E-state index in [1.54, 1.807) is 45.6 Å². The van der Waals surface area contributed by atoms with Crippen molar-refractivity contribution >= 4 is 11.9 Å². The number of fused-ring (bicyclic) bond motifs is 2. The van der Waals surface area contributed by atoms with Crippen molar-refractivity contribution in [1.82, 2.24) is 4.90 Å². The highest BCUT2D eigenvalue weighted by Crippen LogP contribution is 2.80. The van der Waals surface area contributed by atoms with Crippen LogP contribution in [0, 0.1) is 34.5 Å². The summed E-state index contributed by atoms with van der Waals surface area (Å²) in [5, 5.41) is 25.1.